The summed E-state index contributed by atoms with van der Waals surface area (Å²) in [7, 11) is -1.77. The van der Waals surface area contributed by atoms with E-state index in [1.54, 1.807) is 0 Å². The molecule has 0 aliphatic carbocycles. The Morgan fingerprint density at radius 1 is 1.40 bits per heavy atom. The summed E-state index contributed by atoms with van der Waals surface area (Å²) >= 11 is 0. The molecule has 1 aromatic carbocycles. The lowest BCUT2D eigenvalue weighted by molar-refractivity contribution is -0.118. The molecule has 2 rings (SSSR count). The molecule has 1 aliphatic rings. The molecule has 0 radical (unpaired) electrons. The average Bonchev–Trinajstić information content (AvgIpc) is 2.51. The van der Waals surface area contributed by atoms with Gasteiger partial charge in [-0.05, 0) is 42.8 Å². The number of amides is 1. The summed E-state index contributed by atoms with van der Waals surface area (Å²) in [4.78, 5) is 11.4. The second-order valence-corrected chi connectivity index (χ2v) is 12.8. The van der Waals surface area contributed by atoms with E-state index in [-0.39, 0.29) is 17.6 Å². The number of aliphatic hydroxyl groups is 1. The number of aliphatic hydroxyl groups excluding tert-OH is 1. The zero-order valence-corrected chi connectivity index (χ0v) is 16.8. The Hall–Kier alpha value is -1.57. The van der Waals surface area contributed by atoms with Gasteiger partial charge in [-0.1, -0.05) is 20.8 Å². The van der Waals surface area contributed by atoms with Gasteiger partial charge in [0.15, 0.2) is 14.9 Å². The number of carbonyl (C=O) groups is 1. The zero-order chi connectivity index (χ0) is 18.7. The summed E-state index contributed by atoms with van der Waals surface area (Å²) in [6.07, 6.45) is 0.0937. The molecule has 1 aliphatic heterocycles. The van der Waals surface area contributed by atoms with Crippen molar-refractivity contribution in [2.45, 2.75) is 51.4 Å². The van der Waals surface area contributed by atoms with E-state index in [0.29, 0.717) is 31.0 Å². The van der Waals surface area contributed by atoms with Gasteiger partial charge in [-0.25, -0.2) is 0 Å². The third kappa shape index (κ3) is 5.45. The van der Waals surface area contributed by atoms with E-state index < -0.39 is 14.4 Å². The lowest BCUT2D eigenvalue weighted by Crippen LogP contribution is -2.41. The van der Waals surface area contributed by atoms with Crippen LogP contribution in [0.4, 0.5) is 11.4 Å². The summed E-state index contributed by atoms with van der Waals surface area (Å²) in [5.74, 6) is 0.501. The second-order valence-electron chi connectivity index (χ2n) is 7.98. The minimum absolute atomic E-state index is 0.0483. The SMILES string of the molecule is CC(C)(C)[Si](C)(C)OCC[C@H](O)CNc1ccc2c(c1)NC(=O)CO2. The summed E-state index contributed by atoms with van der Waals surface area (Å²) in [5.41, 5.74) is 1.48. The number of carbonyl (C=O) groups excluding carboxylic acids is 1. The van der Waals surface area contributed by atoms with Crippen LogP contribution in [0.15, 0.2) is 18.2 Å². The van der Waals surface area contributed by atoms with Gasteiger partial charge in [-0.3, -0.25) is 4.79 Å². The molecule has 0 saturated carbocycles. The Bertz CT molecular complexity index is 614. The van der Waals surface area contributed by atoms with Crippen LogP contribution in [-0.2, 0) is 9.22 Å². The Labute approximate surface area is 151 Å². The first-order valence-corrected chi connectivity index (χ1v) is 11.6. The van der Waals surface area contributed by atoms with Crippen molar-refractivity contribution in [3.05, 3.63) is 18.2 Å². The predicted molar refractivity (Wildman–Crippen MR) is 103 cm³/mol. The van der Waals surface area contributed by atoms with Gasteiger partial charge in [0, 0.05) is 18.8 Å². The van der Waals surface area contributed by atoms with Crippen molar-refractivity contribution >= 4 is 25.6 Å². The topological polar surface area (TPSA) is 79.8 Å². The van der Waals surface area contributed by atoms with Gasteiger partial charge < -0.3 is 24.9 Å². The monoisotopic (exact) mass is 366 g/mol. The van der Waals surface area contributed by atoms with Crippen LogP contribution in [0.1, 0.15) is 27.2 Å². The first-order chi connectivity index (χ1) is 11.6. The molecule has 1 amide bonds. The van der Waals surface area contributed by atoms with Crippen molar-refractivity contribution in [1.29, 1.82) is 0 Å². The summed E-state index contributed by atoms with van der Waals surface area (Å²) in [6.45, 7) is 12.1. The molecule has 25 heavy (non-hydrogen) atoms. The highest BCUT2D eigenvalue weighted by atomic mass is 28.4. The predicted octanol–water partition coefficient (Wildman–Crippen LogP) is 3.20. The minimum Gasteiger partial charge on any atom is -0.482 e. The van der Waals surface area contributed by atoms with E-state index in [1.165, 1.54) is 0 Å². The highest BCUT2D eigenvalue weighted by molar-refractivity contribution is 6.74. The first-order valence-electron chi connectivity index (χ1n) is 8.71. The van der Waals surface area contributed by atoms with Crippen molar-refractivity contribution in [3.63, 3.8) is 0 Å². The maximum Gasteiger partial charge on any atom is 0.262 e. The molecule has 7 heteroatoms. The highest BCUT2D eigenvalue weighted by Gasteiger charge is 2.36. The largest absolute Gasteiger partial charge is 0.482 e. The molecule has 0 spiro atoms. The molecule has 1 heterocycles. The number of anilines is 2. The van der Waals surface area contributed by atoms with E-state index in [9.17, 15) is 9.90 Å². The molecule has 0 unspecified atom stereocenters. The smallest absolute Gasteiger partial charge is 0.262 e. The number of rotatable bonds is 7. The van der Waals surface area contributed by atoms with Crippen LogP contribution in [0.2, 0.25) is 18.1 Å². The lowest BCUT2D eigenvalue weighted by atomic mass is 10.2. The van der Waals surface area contributed by atoms with E-state index in [0.717, 1.165) is 5.69 Å². The van der Waals surface area contributed by atoms with Crippen LogP contribution < -0.4 is 15.4 Å². The fraction of sp³-hybridized carbons (Fsp3) is 0.611. The van der Waals surface area contributed by atoms with Crippen molar-refractivity contribution in [1.82, 2.24) is 0 Å². The average molecular weight is 367 g/mol. The molecular formula is C18H30N2O4Si. The van der Waals surface area contributed by atoms with Gasteiger partial charge >= 0.3 is 0 Å². The molecule has 0 aromatic heterocycles. The van der Waals surface area contributed by atoms with Crippen molar-refractivity contribution in [2.75, 3.05) is 30.4 Å². The molecule has 140 valence electrons. The maximum atomic E-state index is 11.4. The first kappa shape index (κ1) is 19.7. The summed E-state index contributed by atoms with van der Waals surface area (Å²) in [5, 5.41) is 16.3. The van der Waals surface area contributed by atoms with Gasteiger partial charge in [-0.15, -0.1) is 0 Å². The van der Waals surface area contributed by atoms with E-state index >= 15 is 0 Å². The van der Waals surface area contributed by atoms with Gasteiger partial charge in [0.1, 0.15) is 5.75 Å². The van der Waals surface area contributed by atoms with Gasteiger partial charge in [0.05, 0.1) is 11.8 Å². The molecule has 1 atom stereocenters. The van der Waals surface area contributed by atoms with E-state index in [1.807, 2.05) is 18.2 Å². The fourth-order valence-corrected chi connectivity index (χ4v) is 3.26. The number of fused-ring (bicyclic) bond motifs is 1. The number of ether oxygens (including phenoxy) is 1. The molecule has 1 aromatic rings. The molecule has 0 saturated heterocycles. The number of benzene rings is 1. The Balaban J connectivity index is 1.78. The molecule has 6 nitrogen and oxygen atoms in total. The Kier molecular flexibility index (Phi) is 6.13. The number of nitrogens with one attached hydrogen (secondary N) is 2. The van der Waals surface area contributed by atoms with Crippen molar-refractivity contribution in [2.24, 2.45) is 0 Å². The van der Waals surface area contributed by atoms with Crippen LogP contribution in [0, 0.1) is 0 Å². The number of hydrogen-bond donors (Lipinski definition) is 3. The van der Waals surface area contributed by atoms with Crippen LogP contribution in [0.25, 0.3) is 0 Å². The van der Waals surface area contributed by atoms with Crippen LogP contribution in [0.5, 0.6) is 5.75 Å². The van der Waals surface area contributed by atoms with Crippen LogP contribution in [-0.4, -0.2) is 45.2 Å². The molecule has 3 N–H and O–H groups in total. The zero-order valence-electron chi connectivity index (χ0n) is 15.8. The summed E-state index contributed by atoms with van der Waals surface area (Å²) in [6, 6.07) is 5.49. The van der Waals surface area contributed by atoms with Gasteiger partial charge in [-0.2, -0.15) is 0 Å². The van der Waals surface area contributed by atoms with E-state index in [4.69, 9.17) is 9.16 Å². The number of hydrogen-bond acceptors (Lipinski definition) is 5. The van der Waals surface area contributed by atoms with Gasteiger partial charge in [0.2, 0.25) is 0 Å². The minimum atomic E-state index is -1.77. The third-order valence-corrected chi connectivity index (χ3v) is 9.41. The second kappa shape index (κ2) is 7.76. The van der Waals surface area contributed by atoms with E-state index in [2.05, 4.69) is 44.5 Å². The molecular weight excluding hydrogens is 336 g/mol. The van der Waals surface area contributed by atoms with Crippen molar-refractivity contribution < 1.29 is 19.1 Å². The van der Waals surface area contributed by atoms with Crippen LogP contribution in [0.3, 0.4) is 0 Å². The Morgan fingerprint density at radius 2 is 2.12 bits per heavy atom. The lowest BCUT2D eigenvalue weighted by Gasteiger charge is -2.36. The van der Waals surface area contributed by atoms with Crippen molar-refractivity contribution in [3.8, 4) is 5.75 Å². The maximum absolute atomic E-state index is 11.4. The standard InChI is InChI=1S/C18H30N2O4Si/c1-18(2,3)25(4,5)24-9-8-14(21)11-19-13-6-7-16-15(10-13)20-17(22)12-23-16/h6-7,10,14,19,21H,8-9,11-12H2,1-5H3,(H,20,22)/t14-/m0/s1. The highest BCUT2D eigenvalue weighted by Crippen LogP contribution is 2.36. The Morgan fingerprint density at radius 3 is 2.80 bits per heavy atom. The molecule has 0 fully saturated rings. The fourth-order valence-electron chi connectivity index (χ4n) is 2.20. The quantitative estimate of drug-likeness (QED) is 0.646. The molecule has 0 bridgehead atoms. The van der Waals surface area contributed by atoms with Crippen LogP contribution >= 0.6 is 0 Å². The summed E-state index contributed by atoms with van der Waals surface area (Å²) < 4.78 is 11.4. The third-order valence-electron chi connectivity index (χ3n) is 4.87. The van der Waals surface area contributed by atoms with Gasteiger partial charge in [0.25, 0.3) is 5.91 Å². The normalized spacial score (nSPS) is 15.8.